The molecule has 1 aliphatic heterocycles. The number of nitrogens with zero attached hydrogens (tertiary/aromatic N) is 1. The van der Waals surface area contributed by atoms with Crippen molar-refractivity contribution in [3.05, 3.63) is 0 Å². The highest BCUT2D eigenvalue weighted by atomic mass is 16.4. The van der Waals surface area contributed by atoms with Gasteiger partial charge >= 0.3 is 0 Å². The number of amides is 2. The first-order valence-electron chi connectivity index (χ1n) is 5.55. The first-order chi connectivity index (χ1) is 7.75. The molecule has 98 valence electrons. The van der Waals surface area contributed by atoms with Gasteiger partial charge in [0.15, 0.2) is 0 Å². The van der Waals surface area contributed by atoms with E-state index in [2.05, 4.69) is 0 Å². The Morgan fingerprint density at radius 1 is 1.47 bits per heavy atom. The molecule has 1 heterocycles. The molecular weight excluding hydrogens is 224 g/mol. The van der Waals surface area contributed by atoms with Crippen molar-refractivity contribution in [2.24, 2.45) is 11.7 Å². The first-order valence-corrected chi connectivity index (χ1v) is 5.55. The molecule has 1 fully saturated rings. The molecule has 3 N–H and O–H groups in total. The van der Waals surface area contributed by atoms with E-state index in [0.29, 0.717) is 25.3 Å². The number of nitrogens with two attached hydrogens (primary N) is 1. The van der Waals surface area contributed by atoms with Crippen LogP contribution in [-0.4, -0.2) is 40.4 Å². The van der Waals surface area contributed by atoms with Crippen molar-refractivity contribution in [3.63, 3.8) is 0 Å². The zero-order valence-electron chi connectivity index (χ0n) is 10.5. The zero-order chi connectivity index (χ0) is 13.6. The smallest absolute Gasteiger partial charge is 0.300 e. The van der Waals surface area contributed by atoms with E-state index in [1.54, 1.807) is 0 Å². The Bertz CT molecular complexity index is 298. The van der Waals surface area contributed by atoms with Gasteiger partial charge in [0.1, 0.15) is 0 Å². The second-order valence-electron chi connectivity index (χ2n) is 4.39. The highest BCUT2D eigenvalue weighted by Crippen LogP contribution is 2.12. The molecule has 1 atom stereocenters. The molecule has 0 aromatic heterocycles. The van der Waals surface area contributed by atoms with Crippen LogP contribution in [0.2, 0.25) is 0 Å². The summed E-state index contributed by atoms with van der Waals surface area (Å²) in [5.74, 6) is -0.760. The van der Waals surface area contributed by atoms with Crippen molar-refractivity contribution in [1.82, 2.24) is 4.90 Å². The number of carboxylic acids is 1. The third-order valence-corrected chi connectivity index (χ3v) is 2.16. The van der Waals surface area contributed by atoms with Gasteiger partial charge < -0.3 is 10.8 Å². The van der Waals surface area contributed by atoms with Crippen molar-refractivity contribution in [2.45, 2.75) is 39.7 Å². The Kier molecular flexibility index (Phi) is 6.42. The molecule has 1 rings (SSSR count). The summed E-state index contributed by atoms with van der Waals surface area (Å²) in [7, 11) is 0. The minimum Gasteiger partial charge on any atom is -0.481 e. The van der Waals surface area contributed by atoms with Gasteiger partial charge in [0, 0.05) is 19.9 Å². The van der Waals surface area contributed by atoms with Gasteiger partial charge in [-0.15, -0.1) is 0 Å². The molecule has 6 heteroatoms. The zero-order valence-corrected chi connectivity index (χ0v) is 10.5. The second-order valence-corrected chi connectivity index (χ2v) is 4.39. The number of hydrogen-bond donors (Lipinski definition) is 2. The van der Waals surface area contributed by atoms with Crippen LogP contribution in [-0.2, 0) is 14.4 Å². The predicted octanol–water partition coefficient (Wildman–Crippen LogP) is 0.210. The molecule has 6 nitrogen and oxygen atoms in total. The van der Waals surface area contributed by atoms with E-state index >= 15 is 0 Å². The van der Waals surface area contributed by atoms with Gasteiger partial charge in [0.05, 0.1) is 6.04 Å². The van der Waals surface area contributed by atoms with Gasteiger partial charge in [-0.3, -0.25) is 19.3 Å². The van der Waals surface area contributed by atoms with Gasteiger partial charge in [0.2, 0.25) is 11.8 Å². The third-order valence-electron chi connectivity index (χ3n) is 2.16. The van der Waals surface area contributed by atoms with Crippen LogP contribution in [0.25, 0.3) is 0 Å². The van der Waals surface area contributed by atoms with Crippen molar-refractivity contribution in [3.8, 4) is 0 Å². The van der Waals surface area contributed by atoms with E-state index in [1.165, 1.54) is 4.90 Å². The van der Waals surface area contributed by atoms with Crippen LogP contribution < -0.4 is 5.73 Å². The third kappa shape index (κ3) is 6.01. The maximum Gasteiger partial charge on any atom is 0.300 e. The molecular formula is C11H20N2O4. The maximum absolute atomic E-state index is 11.5. The molecule has 2 amide bonds. The largest absolute Gasteiger partial charge is 0.481 e. The molecule has 0 aliphatic carbocycles. The summed E-state index contributed by atoms with van der Waals surface area (Å²) < 4.78 is 0. The Hall–Kier alpha value is -1.43. The lowest BCUT2D eigenvalue weighted by molar-refractivity contribution is -0.153. The fourth-order valence-corrected chi connectivity index (χ4v) is 1.36. The van der Waals surface area contributed by atoms with Gasteiger partial charge in [-0.1, -0.05) is 13.8 Å². The standard InChI is InChI=1S/C9H16N2O2.C2H4O2/c1-6(2)5-7(10)9(13)11-4-3-8(11)12;1-2(3)4/h6-7H,3-5,10H2,1-2H3;1H3,(H,3,4)/t7-;/m0./s1. The maximum atomic E-state index is 11.5. The van der Waals surface area contributed by atoms with E-state index in [0.717, 1.165) is 6.92 Å². The molecule has 0 spiro atoms. The molecule has 1 saturated heterocycles. The van der Waals surface area contributed by atoms with E-state index in [4.69, 9.17) is 15.6 Å². The number of hydrogen-bond acceptors (Lipinski definition) is 4. The summed E-state index contributed by atoms with van der Waals surface area (Å²) in [4.78, 5) is 32.6. The van der Waals surface area contributed by atoms with Crippen molar-refractivity contribution in [2.75, 3.05) is 6.54 Å². The Morgan fingerprint density at radius 2 is 1.94 bits per heavy atom. The average Bonchev–Trinajstić information content (AvgIpc) is 2.13. The highest BCUT2D eigenvalue weighted by molar-refractivity contribution is 6.01. The fraction of sp³-hybridized carbons (Fsp3) is 0.727. The van der Waals surface area contributed by atoms with E-state index < -0.39 is 12.0 Å². The topological polar surface area (TPSA) is 101 Å². The van der Waals surface area contributed by atoms with Gasteiger partial charge in [-0.2, -0.15) is 0 Å². The van der Waals surface area contributed by atoms with Crippen molar-refractivity contribution in [1.29, 1.82) is 0 Å². The summed E-state index contributed by atoms with van der Waals surface area (Å²) >= 11 is 0. The molecule has 0 aromatic rings. The number of carbonyl (C=O) groups is 3. The first kappa shape index (κ1) is 15.6. The Labute approximate surface area is 101 Å². The van der Waals surface area contributed by atoms with E-state index in [1.807, 2.05) is 13.8 Å². The number of carboxylic acid groups (broad SMARTS) is 1. The molecule has 0 radical (unpaired) electrons. The fourth-order valence-electron chi connectivity index (χ4n) is 1.36. The second kappa shape index (κ2) is 7.01. The van der Waals surface area contributed by atoms with Crippen LogP contribution in [0.5, 0.6) is 0 Å². The van der Waals surface area contributed by atoms with Crippen LogP contribution >= 0.6 is 0 Å². The normalized spacial score (nSPS) is 15.8. The number of β-lactam (4-membered cyclic amide) rings is 1. The monoisotopic (exact) mass is 244 g/mol. The lowest BCUT2D eigenvalue weighted by Gasteiger charge is -2.31. The predicted molar refractivity (Wildman–Crippen MR) is 62.1 cm³/mol. The van der Waals surface area contributed by atoms with E-state index in [9.17, 15) is 9.59 Å². The number of carbonyl (C=O) groups excluding carboxylic acids is 2. The lowest BCUT2D eigenvalue weighted by atomic mass is 10.0. The van der Waals surface area contributed by atoms with Crippen LogP contribution in [0.4, 0.5) is 0 Å². The van der Waals surface area contributed by atoms with E-state index in [-0.39, 0.29) is 11.8 Å². The number of rotatable bonds is 3. The number of likely N-dealkylation sites (tertiary alicyclic amines) is 1. The van der Waals surface area contributed by atoms with Crippen molar-refractivity contribution < 1.29 is 19.5 Å². The SMILES string of the molecule is CC(=O)O.CC(C)C[C@H](N)C(=O)N1CCC1=O. The summed E-state index contributed by atoms with van der Waals surface area (Å²) in [6, 6.07) is -0.510. The molecule has 0 unspecified atom stereocenters. The summed E-state index contributed by atoms with van der Waals surface area (Å²) in [6.45, 7) is 5.64. The van der Waals surface area contributed by atoms with Gasteiger partial charge in [0.25, 0.3) is 5.97 Å². The average molecular weight is 244 g/mol. The Morgan fingerprint density at radius 3 is 2.18 bits per heavy atom. The molecule has 17 heavy (non-hydrogen) atoms. The van der Waals surface area contributed by atoms with Crippen LogP contribution in [0.3, 0.4) is 0 Å². The summed E-state index contributed by atoms with van der Waals surface area (Å²) in [6.07, 6.45) is 1.13. The van der Waals surface area contributed by atoms with Crippen LogP contribution in [0, 0.1) is 5.92 Å². The Balaban J connectivity index is 0.000000557. The minimum atomic E-state index is -0.833. The number of aliphatic carboxylic acids is 1. The lowest BCUT2D eigenvalue weighted by Crippen LogP contribution is -2.53. The number of imide groups is 1. The minimum absolute atomic E-state index is 0.0933. The quantitative estimate of drug-likeness (QED) is 0.691. The summed E-state index contributed by atoms with van der Waals surface area (Å²) in [5, 5.41) is 7.42. The molecule has 1 aliphatic rings. The molecule has 0 bridgehead atoms. The highest BCUT2D eigenvalue weighted by Gasteiger charge is 2.32. The summed E-state index contributed by atoms with van der Waals surface area (Å²) in [5.41, 5.74) is 5.65. The molecule has 0 saturated carbocycles. The van der Waals surface area contributed by atoms with Gasteiger partial charge in [-0.25, -0.2) is 0 Å². The van der Waals surface area contributed by atoms with Crippen molar-refractivity contribution >= 4 is 17.8 Å². The van der Waals surface area contributed by atoms with Crippen LogP contribution in [0.15, 0.2) is 0 Å². The van der Waals surface area contributed by atoms with Gasteiger partial charge in [-0.05, 0) is 12.3 Å². The molecule has 0 aromatic carbocycles. The van der Waals surface area contributed by atoms with Crippen LogP contribution in [0.1, 0.15) is 33.6 Å².